The van der Waals surface area contributed by atoms with E-state index in [-0.39, 0.29) is 0 Å². The predicted molar refractivity (Wildman–Crippen MR) is 76.2 cm³/mol. The van der Waals surface area contributed by atoms with Crippen molar-refractivity contribution in [2.24, 2.45) is 5.41 Å². The highest BCUT2D eigenvalue weighted by Crippen LogP contribution is 2.46. The number of oxazole rings is 1. The molecule has 0 unspecified atom stereocenters. The van der Waals surface area contributed by atoms with Crippen LogP contribution < -0.4 is 10.2 Å². The van der Waals surface area contributed by atoms with Crippen LogP contribution in [-0.4, -0.2) is 24.6 Å². The molecule has 0 bridgehead atoms. The Kier molecular flexibility index (Phi) is 3.78. The molecule has 1 N–H and O–H groups in total. The molecule has 4 nitrogen and oxygen atoms in total. The lowest BCUT2D eigenvalue weighted by Crippen LogP contribution is -2.39. The van der Waals surface area contributed by atoms with Crippen LogP contribution in [0.3, 0.4) is 0 Å². The third-order valence-corrected chi connectivity index (χ3v) is 4.85. The van der Waals surface area contributed by atoms with Gasteiger partial charge in [-0.25, -0.2) is 0 Å². The number of hydrogen-bond acceptors (Lipinski definition) is 4. The molecular formula is C15H25N3O. The van der Waals surface area contributed by atoms with Gasteiger partial charge in [-0.05, 0) is 37.6 Å². The molecule has 0 aromatic carbocycles. The Morgan fingerprint density at radius 2 is 2.00 bits per heavy atom. The number of piperidine rings is 1. The van der Waals surface area contributed by atoms with Gasteiger partial charge in [-0.15, -0.1) is 0 Å². The van der Waals surface area contributed by atoms with Gasteiger partial charge < -0.3 is 14.6 Å². The maximum absolute atomic E-state index is 5.63. The zero-order chi connectivity index (χ0) is 13.1. The van der Waals surface area contributed by atoms with E-state index in [2.05, 4.69) is 22.1 Å². The molecule has 19 heavy (non-hydrogen) atoms. The molecule has 1 spiro atoms. The third-order valence-electron chi connectivity index (χ3n) is 4.85. The van der Waals surface area contributed by atoms with E-state index in [0.717, 1.165) is 37.9 Å². The van der Waals surface area contributed by atoms with E-state index in [4.69, 9.17) is 4.42 Å². The van der Waals surface area contributed by atoms with Gasteiger partial charge >= 0.3 is 0 Å². The van der Waals surface area contributed by atoms with Gasteiger partial charge in [0.1, 0.15) is 6.26 Å². The number of aromatic nitrogens is 1. The van der Waals surface area contributed by atoms with Crippen molar-refractivity contribution in [1.29, 1.82) is 0 Å². The van der Waals surface area contributed by atoms with Crippen LogP contribution in [-0.2, 0) is 6.54 Å². The summed E-state index contributed by atoms with van der Waals surface area (Å²) < 4.78 is 5.63. The summed E-state index contributed by atoms with van der Waals surface area (Å²) in [6.07, 6.45) is 10.2. The summed E-state index contributed by atoms with van der Waals surface area (Å²) in [6, 6.07) is 0.820. The molecule has 0 atom stereocenters. The summed E-state index contributed by atoms with van der Waals surface area (Å²) in [5.41, 5.74) is 1.67. The lowest BCUT2D eigenvalue weighted by molar-refractivity contribution is 0.222. The molecule has 1 aromatic rings. The fourth-order valence-corrected chi connectivity index (χ4v) is 3.57. The second kappa shape index (κ2) is 5.53. The smallest absolute Gasteiger partial charge is 0.297 e. The average molecular weight is 263 g/mol. The van der Waals surface area contributed by atoms with E-state index in [1.54, 1.807) is 6.26 Å². The van der Waals surface area contributed by atoms with Crippen LogP contribution in [0, 0.1) is 5.41 Å². The van der Waals surface area contributed by atoms with Crippen LogP contribution in [0.1, 0.15) is 51.1 Å². The van der Waals surface area contributed by atoms with Gasteiger partial charge in [0, 0.05) is 19.6 Å². The Balaban J connectivity index is 1.57. The SMILES string of the molecule is CCNCc1coc(N2CCC3(CCCC3)CC2)n1. The molecule has 1 aliphatic carbocycles. The fraction of sp³-hybridized carbons (Fsp3) is 0.800. The molecular weight excluding hydrogens is 238 g/mol. The van der Waals surface area contributed by atoms with E-state index in [0.29, 0.717) is 5.41 Å². The molecule has 1 aliphatic heterocycles. The molecule has 1 aromatic heterocycles. The van der Waals surface area contributed by atoms with E-state index in [1.165, 1.54) is 38.5 Å². The van der Waals surface area contributed by atoms with Gasteiger partial charge in [-0.1, -0.05) is 19.8 Å². The van der Waals surface area contributed by atoms with Crippen molar-refractivity contribution in [1.82, 2.24) is 10.3 Å². The molecule has 2 fully saturated rings. The summed E-state index contributed by atoms with van der Waals surface area (Å²) in [5.74, 6) is 0. The second-order valence-corrected chi connectivity index (χ2v) is 6.10. The first-order valence-electron chi connectivity index (χ1n) is 7.71. The second-order valence-electron chi connectivity index (χ2n) is 6.10. The first-order valence-corrected chi connectivity index (χ1v) is 7.71. The van der Waals surface area contributed by atoms with E-state index < -0.39 is 0 Å². The topological polar surface area (TPSA) is 41.3 Å². The standard InChI is InChI=1S/C15H25N3O/c1-2-16-11-13-12-19-14(17-13)18-9-7-15(8-10-18)5-3-4-6-15/h12,16H,2-11H2,1H3. The highest BCUT2D eigenvalue weighted by molar-refractivity contribution is 5.28. The number of rotatable bonds is 4. The van der Waals surface area contributed by atoms with Crippen LogP contribution in [0.2, 0.25) is 0 Å². The highest BCUT2D eigenvalue weighted by atomic mass is 16.4. The molecule has 106 valence electrons. The molecule has 0 radical (unpaired) electrons. The van der Waals surface area contributed by atoms with Crippen molar-refractivity contribution in [3.8, 4) is 0 Å². The van der Waals surface area contributed by atoms with Crippen LogP contribution in [0.5, 0.6) is 0 Å². The average Bonchev–Trinajstić information content (AvgIpc) is 3.08. The summed E-state index contributed by atoms with van der Waals surface area (Å²) in [5, 5.41) is 3.28. The first-order chi connectivity index (χ1) is 9.31. The van der Waals surface area contributed by atoms with Crippen molar-refractivity contribution in [2.45, 2.75) is 52.0 Å². The van der Waals surface area contributed by atoms with E-state index >= 15 is 0 Å². The fourth-order valence-electron chi connectivity index (χ4n) is 3.57. The Labute approximate surface area is 115 Å². The van der Waals surface area contributed by atoms with Crippen molar-refractivity contribution < 1.29 is 4.42 Å². The van der Waals surface area contributed by atoms with Crippen molar-refractivity contribution in [3.05, 3.63) is 12.0 Å². The van der Waals surface area contributed by atoms with Crippen LogP contribution in [0.15, 0.2) is 10.7 Å². The van der Waals surface area contributed by atoms with Crippen molar-refractivity contribution in [3.63, 3.8) is 0 Å². The summed E-state index contributed by atoms with van der Waals surface area (Å²) >= 11 is 0. The van der Waals surface area contributed by atoms with Crippen molar-refractivity contribution in [2.75, 3.05) is 24.5 Å². The van der Waals surface area contributed by atoms with E-state index in [1.807, 2.05) is 0 Å². The molecule has 2 aliphatic rings. The zero-order valence-corrected chi connectivity index (χ0v) is 12.0. The van der Waals surface area contributed by atoms with Gasteiger partial charge in [-0.3, -0.25) is 0 Å². The third kappa shape index (κ3) is 2.78. The lowest BCUT2D eigenvalue weighted by atomic mass is 9.77. The van der Waals surface area contributed by atoms with Gasteiger partial charge in [0.25, 0.3) is 6.01 Å². The van der Waals surface area contributed by atoms with Crippen LogP contribution in [0.25, 0.3) is 0 Å². The maximum Gasteiger partial charge on any atom is 0.297 e. The minimum atomic E-state index is 0.662. The Morgan fingerprint density at radius 3 is 2.68 bits per heavy atom. The number of nitrogens with zero attached hydrogens (tertiary/aromatic N) is 2. The number of hydrogen-bond donors (Lipinski definition) is 1. The Morgan fingerprint density at radius 1 is 1.26 bits per heavy atom. The Bertz CT molecular complexity index is 399. The van der Waals surface area contributed by atoms with Gasteiger partial charge in [0.15, 0.2) is 0 Å². The van der Waals surface area contributed by atoms with Crippen molar-refractivity contribution >= 4 is 6.01 Å². The summed E-state index contributed by atoms with van der Waals surface area (Å²) in [7, 11) is 0. The van der Waals surface area contributed by atoms with Gasteiger partial charge in [-0.2, -0.15) is 4.98 Å². The summed E-state index contributed by atoms with van der Waals surface area (Å²) in [6.45, 7) is 6.10. The van der Waals surface area contributed by atoms with Crippen LogP contribution in [0.4, 0.5) is 6.01 Å². The molecule has 0 amide bonds. The maximum atomic E-state index is 5.63. The highest BCUT2D eigenvalue weighted by Gasteiger charge is 2.37. The zero-order valence-electron chi connectivity index (χ0n) is 12.0. The van der Waals surface area contributed by atoms with Crippen LogP contribution >= 0.6 is 0 Å². The number of nitrogens with one attached hydrogen (secondary N) is 1. The molecule has 4 heteroatoms. The van der Waals surface area contributed by atoms with Gasteiger partial charge in [0.2, 0.25) is 0 Å². The molecule has 1 saturated carbocycles. The lowest BCUT2D eigenvalue weighted by Gasteiger charge is -2.38. The summed E-state index contributed by atoms with van der Waals surface area (Å²) in [4.78, 5) is 6.90. The minimum absolute atomic E-state index is 0.662. The minimum Gasteiger partial charge on any atom is -0.432 e. The normalized spacial score (nSPS) is 22.3. The number of anilines is 1. The first kappa shape index (κ1) is 13.0. The quantitative estimate of drug-likeness (QED) is 0.907. The van der Waals surface area contributed by atoms with E-state index in [9.17, 15) is 0 Å². The molecule has 3 rings (SSSR count). The Hall–Kier alpha value is -1.03. The molecule has 1 saturated heterocycles. The van der Waals surface area contributed by atoms with Gasteiger partial charge in [0.05, 0.1) is 5.69 Å². The molecule has 2 heterocycles. The largest absolute Gasteiger partial charge is 0.432 e. The monoisotopic (exact) mass is 263 g/mol. The predicted octanol–water partition coefficient (Wildman–Crippen LogP) is 2.94.